The first-order valence-corrected chi connectivity index (χ1v) is 7.57. The number of likely N-dealkylation sites (tertiary alicyclic amines) is 1. The molecule has 0 spiro atoms. The van der Waals surface area contributed by atoms with E-state index >= 15 is 0 Å². The first-order chi connectivity index (χ1) is 8.54. The standard InChI is InChI=1S/C13H14BrCl2NO/c1-8-4-5-17(12(8)7-15)13(18)10-6-9(14)2-3-11(10)16/h2-3,6,8,12H,4-5,7H2,1H3. The van der Waals surface area contributed by atoms with Crippen LogP contribution in [0, 0.1) is 5.92 Å². The van der Waals surface area contributed by atoms with E-state index in [0.717, 1.165) is 17.4 Å². The Hall–Kier alpha value is -0.250. The number of alkyl halides is 1. The summed E-state index contributed by atoms with van der Waals surface area (Å²) in [7, 11) is 0. The Morgan fingerprint density at radius 3 is 2.94 bits per heavy atom. The summed E-state index contributed by atoms with van der Waals surface area (Å²) in [5.41, 5.74) is 0.537. The monoisotopic (exact) mass is 349 g/mol. The molecule has 0 radical (unpaired) electrons. The van der Waals surface area contributed by atoms with Crippen LogP contribution in [0.2, 0.25) is 5.02 Å². The van der Waals surface area contributed by atoms with Gasteiger partial charge in [0.2, 0.25) is 0 Å². The first kappa shape index (κ1) is 14.2. The molecule has 1 heterocycles. The topological polar surface area (TPSA) is 20.3 Å². The van der Waals surface area contributed by atoms with Gasteiger partial charge in [0, 0.05) is 22.9 Å². The Labute approximate surface area is 125 Å². The number of amides is 1. The Kier molecular flexibility index (Phi) is 4.57. The van der Waals surface area contributed by atoms with Crippen molar-refractivity contribution in [3.05, 3.63) is 33.3 Å². The molecule has 0 bridgehead atoms. The van der Waals surface area contributed by atoms with E-state index in [1.54, 1.807) is 12.1 Å². The quantitative estimate of drug-likeness (QED) is 0.732. The van der Waals surface area contributed by atoms with Gasteiger partial charge in [-0.05, 0) is 30.5 Å². The molecule has 2 atom stereocenters. The summed E-state index contributed by atoms with van der Waals surface area (Å²) < 4.78 is 0.852. The minimum Gasteiger partial charge on any atom is -0.334 e. The molecule has 1 fully saturated rings. The molecule has 5 heteroatoms. The minimum absolute atomic E-state index is 0.0312. The van der Waals surface area contributed by atoms with Crippen molar-refractivity contribution in [3.8, 4) is 0 Å². The lowest BCUT2D eigenvalue weighted by atomic mass is 10.0. The second kappa shape index (κ2) is 5.81. The van der Waals surface area contributed by atoms with Gasteiger partial charge in [0.25, 0.3) is 5.91 Å². The van der Waals surface area contributed by atoms with Gasteiger partial charge in [0.05, 0.1) is 10.6 Å². The van der Waals surface area contributed by atoms with Gasteiger partial charge < -0.3 is 4.90 Å². The predicted molar refractivity (Wildman–Crippen MR) is 78.5 cm³/mol. The van der Waals surface area contributed by atoms with Crippen molar-refractivity contribution in [2.75, 3.05) is 12.4 Å². The van der Waals surface area contributed by atoms with Gasteiger partial charge in [-0.25, -0.2) is 0 Å². The average molecular weight is 351 g/mol. The number of carbonyl (C=O) groups excluding carboxylic acids is 1. The smallest absolute Gasteiger partial charge is 0.255 e. The molecular formula is C13H14BrCl2NO. The van der Waals surface area contributed by atoms with Gasteiger partial charge in [-0.1, -0.05) is 34.5 Å². The van der Waals surface area contributed by atoms with Crippen LogP contribution in [0.4, 0.5) is 0 Å². The van der Waals surface area contributed by atoms with E-state index in [1.165, 1.54) is 0 Å². The molecule has 1 saturated heterocycles. The fourth-order valence-electron chi connectivity index (χ4n) is 2.31. The van der Waals surface area contributed by atoms with E-state index in [-0.39, 0.29) is 11.9 Å². The Balaban J connectivity index is 2.28. The van der Waals surface area contributed by atoms with E-state index in [2.05, 4.69) is 22.9 Å². The molecular weight excluding hydrogens is 337 g/mol. The zero-order valence-corrected chi connectivity index (χ0v) is 13.1. The number of carbonyl (C=O) groups is 1. The van der Waals surface area contributed by atoms with E-state index < -0.39 is 0 Å². The fraction of sp³-hybridized carbons (Fsp3) is 0.462. The molecule has 1 aliphatic heterocycles. The largest absolute Gasteiger partial charge is 0.334 e. The Morgan fingerprint density at radius 1 is 1.56 bits per heavy atom. The van der Waals surface area contributed by atoms with Gasteiger partial charge in [0.1, 0.15) is 0 Å². The summed E-state index contributed by atoms with van der Waals surface area (Å²) in [5.74, 6) is 0.882. The van der Waals surface area contributed by atoms with Crippen LogP contribution in [0.1, 0.15) is 23.7 Å². The highest BCUT2D eigenvalue weighted by Crippen LogP contribution is 2.29. The van der Waals surface area contributed by atoms with Crippen molar-refractivity contribution in [3.63, 3.8) is 0 Å². The predicted octanol–water partition coefficient (Wildman–Crippen LogP) is 4.19. The van der Waals surface area contributed by atoms with Crippen molar-refractivity contribution >= 4 is 45.0 Å². The lowest BCUT2D eigenvalue weighted by molar-refractivity contribution is 0.0737. The van der Waals surface area contributed by atoms with Crippen molar-refractivity contribution in [1.29, 1.82) is 0 Å². The van der Waals surface area contributed by atoms with Crippen LogP contribution in [-0.2, 0) is 0 Å². The van der Waals surface area contributed by atoms with Crippen molar-refractivity contribution in [1.82, 2.24) is 4.90 Å². The molecule has 1 aromatic rings. The third kappa shape index (κ3) is 2.68. The van der Waals surface area contributed by atoms with Crippen LogP contribution in [0.15, 0.2) is 22.7 Å². The van der Waals surface area contributed by atoms with Crippen LogP contribution in [-0.4, -0.2) is 29.3 Å². The molecule has 2 unspecified atom stereocenters. The second-order valence-corrected chi connectivity index (χ2v) is 6.24. The Bertz CT molecular complexity index is 466. The number of benzene rings is 1. The second-order valence-electron chi connectivity index (χ2n) is 4.61. The average Bonchev–Trinajstić information content (AvgIpc) is 2.72. The molecule has 1 aliphatic rings. The molecule has 18 heavy (non-hydrogen) atoms. The summed E-state index contributed by atoms with van der Waals surface area (Å²) in [5, 5.41) is 0.482. The summed E-state index contributed by atoms with van der Waals surface area (Å²) in [6.45, 7) is 2.88. The maximum atomic E-state index is 12.5. The van der Waals surface area contributed by atoms with Crippen molar-refractivity contribution < 1.29 is 4.79 Å². The normalized spacial score (nSPS) is 23.4. The van der Waals surface area contributed by atoms with E-state index in [4.69, 9.17) is 23.2 Å². The number of hydrogen-bond donors (Lipinski definition) is 0. The summed E-state index contributed by atoms with van der Waals surface area (Å²) in [4.78, 5) is 14.3. The fourth-order valence-corrected chi connectivity index (χ4v) is 3.34. The number of nitrogens with zero attached hydrogens (tertiary/aromatic N) is 1. The third-order valence-electron chi connectivity index (χ3n) is 3.46. The zero-order valence-electron chi connectivity index (χ0n) is 10.00. The minimum atomic E-state index is -0.0312. The summed E-state index contributed by atoms with van der Waals surface area (Å²) in [6, 6.07) is 5.42. The van der Waals surface area contributed by atoms with Gasteiger partial charge in [-0.3, -0.25) is 4.79 Å². The highest BCUT2D eigenvalue weighted by Gasteiger charge is 2.34. The number of hydrogen-bond acceptors (Lipinski definition) is 1. The highest BCUT2D eigenvalue weighted by atomic mass is 79.9. The molecule has 0 N–H and O–H groups in total. The molecule has 0 saturated carbocycles. The van der Waals surface area contributed by atoms with Gasteiger partial charge in [-0.2, -0.15) is 0 Å². The SMILES string of the molecule is CC1CCN(C(=O)c2cc(Br)ccc2Cl)C1CCl. The van der Waals surface area contributed by atoms with E-state index in [0.29, 0.717) is 22.4 Å². The highest BCUT2D eigenvalue weighted by molar-refractivity contribution is 9.10. The van der Waals surface area contributed by atoms with Crippen molar-refractivity contribution in [2.45, 2.75) is 19.4 Å². The van der Waals surface area contributed by atoms with Gasteiger partial charge in [-0.15, -0.1) is 11.6 Å². The van der Waals surface area contributed by atoms with Crippen LogP contribution < -0.4 is 0 Å². The summed E-state index contributed by atoms with van der Waals surface area (Å²) in [6.07, 6.45) is 0.995. The number of halogens is 3. The molecule has 0 aliphatic carbocycles. The van der Waals surface area contributed by atoms with E-state index in [9.17, 15) is 4.79 Å². The van der Waals surface area contributed by atoms with Crippen LogP contribution >= 0.6 is 39.1 Å². The molecule has 2 rings (SSSR count). The lowest BCUT2D eigenvalue weighted by Gasteiger charge is -2.25. The van der Waals surface area contributed by atoms with E-state index in [1.807, 2.05) is 11.0 Å². The molecule has 2 nitrogen and oxygen atoms in total. The van der Waals surface area contributed by atoms with Crippen LogP contribution in [0.25, 0.3) is 0 Å². The van der Waals surface area contributed by atoms with Crippen molar-refractivity contribution in [2.24, 2.45) is 5.92 Å². The van der Waals surface area contributed by atoms with Crippen LogP contribution in [0.5, 0.6) is 0 Å². The maximum absolute atomic E-state index is 12.5. The maximum Gasteiger partial charge on any atom is 0.255 e. The molecule has 1 aromatic carbocycles. The Morgan fingerprint density at radius 2 is 2.28 bits per heavy atom. The summed E-state index contributed by atoms with van der Waals surface area (Å²) >= 11 is 15.4. The third-order valence-corrected chi connectivity index (χ3v) is 4.60. The number of rotatable bonds is 2. The molecule has 1 amide bonds. The molecule has 98 valence electrons. The first-order valence-electron chi connectivity index (χ1n) is 5.86. The van der Waals surface area contributed by atoms with Gasteiger partial charge in [0.15, 0.2) is 0 Å². The lowest BCUT2D eigenvalue weighted by Crippen LogP contribution is -2.38. The van der Waals surface area contributed by atoms with Gasteiger partial charge >= 0.3 is 0 Å². The van der Waals surface area contributed by atoms with Crippen LogP contribution in [0.3, 0.4) is 0 Å². The zero-order chi connectivity index (χ0) is 13.3. The molecule has 0 aromatic heterocycles.